The molecule has 5 aromatic rings. The van der Waals surface area contributed by atoms with Gasteiger partial charge < -0.3 is 29.9 Å². The second kappa shape index (κ2) is 23.3. The van der Waals surface area contributed by atoms with Crippen LogP contribution in [0.4, 0.5) is 4.79 Å². The standard InChI is InChI=1S/C45H49N4O9P/c1-55-59(54,58-40(30-36-17-8-3-9-18-36)44(52)56-28-14-23-34-24-26-46-27-25-34)42(31-37-19-10-4-11-20-37)49-41(50)32-47-43(51)39(29-35-15-6-2-7-16-35)48-45(53)57-33-38-21-12-5-13-22-38/h2-13,15-22,24-27,39-40,42H,14,23,28-33H2,1H3,(H,47,51)(H,48,53)(H,49,50)/t39-,40-,42+,59?/m0/s1. The minimum absolute atomic E-state index is 0.00384. The van der Waals surface area contributed by atoms with Crippen molar-refractivity contribution in [2.75, 3.05) is 20.3 Å². The van der Waals surface area contributed by atoms with Gasteiger partial charge in [0, 0.05) is 38.8 Å². The van der Waals surface area contributed by atoms with E-state index in [4.69, 9.17) is 18.5 Å². The van der Waals surface area contributed by atoms with Crippen LogP contribution in [-0.4, -0.2) is 67.1 Å². The highest BCUT2D eigenvalue weighted by molar-refractivity contribution is 7.54. The van der Waals surface area contributed by atoms with E-state index in [2.05, 4.69) is 20.9 Å². The molecule has 0 saturated carbocycles. The molecule has 0 aliphatic rings. The van der Waals surface area contributed by atoms with Gasteiger partial charge in [-0.3, -0.25) is 23.7 Å². The Bertz CT molecular complexity index is 2100. The zero-order valence-corrected chi connectivity index (χ0v) is 33.7. The number of hydrogen-bond donors (Lipinski definition) is 3. The Labute approximate surface area is 344 Å². The molecular weight excluding hydrogens is 771 g/mol. The Morgan fingerprint density at radius 2 is 1.19 bits per heavy atom. The van der Waals surface area contributed by atoms with Crippen LogP contribution in [-0.2, 0) is 69.8 Å². The van der Waals surface area contributed by atoms with Crippen LogP contribution >= 0.6 is 7.60 Å². The van der Waals surface area contributed by atoms with E-state index in [1.165, 1.54) is 7.11 Å². The molecule has 0 aliphatic heterocycles. The fourth-order valence-electron chi connectivity index (χ4n) is 6.08. The van der Waals surface area contributed by atoms with Crippen molar-refractivity contribution >= 4 is 31.5 Å². The minimum Gasteiger partial charge on any atom is -0.464 e. The summed E-state index contributed by atoms with van der Waals surface area (Å²) in [6.45, 7) is -0.468. The van der Waals surface area contributed by atoms with Gasteiger partial charge >= 0.3 is 19.7 Å². The van der Waals surface area contributed by atoms with Crippen molar-refractivity contribution < 1.29 is 42.3 Å². The van der Waals surface area contributed by atoms with Crippen LogP contribution in [0.15, 0.2) is 146 Å². The summed E-state index contributed by atoms with van der Waals surface area (Å²) in [7, 11) is -3.17. The largest absolute Gasteiger partial charge is 0.464 e. The number of hydrogen-bond acceptors (Lipinski definition) is 10. The predicted octanol–water partition coefficient (Wildman–Crippen LogP) is 6.36. The van der Waals surface area contributed by atoms with E-state index in [1.807, 2.05) is 84.9 Å². The summed E-state index contributed by atoms with van der Waals surface area (Å²) in [5.74, 6) is -3.40. The molecule has 0 aliphatic carbocycles. The highest BCUT2D eigenvalue weighted by Gasteiger charge is 2.41. The summed E-state index contributed by atoms with van der Waals surface area (Å²) in [5, 5.41) is 7.91. The molecule has 3 amide bonds. The molecule has 0 radical (unpaired) electrons. The summed E-state index contributed by atoms with van der Waals surface area (Å²) < 4.78 is 37.4. The first kappa shape index (κ1) is 44.0. The van der Waals surface area contributed by atoms with Crippen LogP contribution < -0.4 is 16.0 Å². The van der Waals surface area contributed by atoms with E-state index < -0.39 is 55.9 Å². The fraction of sp³-hybridized carbons (Fsp3) is 0.267. The highest BCUT2D eigenvalue weighted by atomic mass is 31.2. The lowest BCUT2D eigenvalue weighted by atomic mass is 10.1. The maximum absolute atomic E-state index is 14.8. The molecule has 0 saturated heterocycles. The van der Waals surface area contributed by atoms with E-state index in [9.17, 15) is 23.7 Å². The molecule has 1 aromatic heterocycles. The Hall–Kier alpha value is -6.14. The van der Waals surface area contributed by atoms with Gasteiger partial charge in [0.25, 0.3) is 0 Å². The second-order valence-corrected chi connectivity index (χ2v) is 15.9. The number of nitrogens with one attached hydrogen (secondary N) is 3. The number of amides is 3. The van der Waals surface area contributed by atoms with Crippen LogP contribution in [0.25, 0.3) is 0 Å². The highest BCUT2D eigenvalue weighted by Crippen LogP contribution is 2.53. The van der Waals surface area contributed by atoms with Gasteiger partial charge in [0.05, 0.1) is 13.2 Å². The molecule has 0 bridgehead atoms. The summed E-state index contributed by atoms with van der Waals surface area (Å²) in [4.78, 5) is 57.6. The lowest BCUT2D eigenvalue weighted by Crippen LogP contribution is -2.51. The van der Waals surface area contributed by atoms with Crippen LogP contribution in [0.5, 0.6) is 0 Å². The van der Waals surface area contributed by atoms with E-state index in [1.54, 1.807) is 60.9 Å². The van der Waals surface area contributed by atoms with E-state index in [0.29, 0.717) is 18.4 Å². The molecule has 59 heavy (non-hydrogen) atoms. The number of nitrogens with zero attached hydrogens (tertiary/aromatic N) is 1. The lowest BCUT2D eigenvalue weighted by molar-refractivity contribution is -0.152. The van der Waals surface area contributed by atoms with Crippen molar-refractivity contribution in [2.45, 2.75) is 56.6 Å². The number of benzene rings is 4. The number of carbonyl (C=O) groups is 4. The first-order chi connectivity index (χ1) is 28.7. The predicted molar refractivity (Wildman–Crippen MR) is 222 cm³/mol. The molecule has 1 unspecified atom stereocenters. The molecule has 4 atom stereocenters. The number of rotatable bonds is 22. The summed E-state index contributed by atoms with van der Waals surface area (Å²) in [6.07, 6.45) is 2.53. The molecule has 0 spiro atoms. The van der Waals surface area contributed by atoms with Crippen LogP contribution in [0.2, 0.25) is 0 Å². The summed E-state index contributed by atoms with van der Waals surface area (Å²) >= 11 is 0. The first-order valence-electron chi connectivity index (χ1n) is 19.3. The minimum atomic E-state index is -4.35. The third-order valence-electron chi connectivity index (χ3n) is 9.17. The Morgan fingerprint density at radius 1 is 0.644 bits per heavy atom. The topological polar surface area (TPSA) is 171 Å². The maximum Gasteiger partial charge on any atom is 0.408 e. The van der Waals surface area contributed by atoms with Gasteiger partial charge in [-0.05, 0) is 52.8 Å². The number of alkyl carbamates (subject to hydrolysis) is 1. The third-order valence-corrected chi connectivity index (χ3v) is 11.3. The van der Waals surface area contributed by atoms with Crippen molar-refractivity contribution in [3.8, 4) is 0 Å². The average Bonchev–Trinajstić information content (AvgIpc) is 3.27. The number of carbonyl (C=O) groups excluding carboxylic acids is 4. The van der Waals surface area contributed by atoms with E-state index >= 15 is 0 Å². The molecular formula is C45H49N4O9P. The van der Waals surface area contributed by atoms with Gasteiger partial charge in [0.2, 0.25) is 11.8 Å². The van der Waals surface area contributed by atoms with Crippen molar-refractivity contribution in [2.24, 2.45) is 0 Å². The summed E-state index contributed by atoms with van der Waals surface area (Å²) in [6, 6.07) is 38.9. The van der Waals surface area contributed by atoms with Crippen LogP contribution in [0.1, 0.15) is 34.2 Å². The molecule has 1 heterocycles. The van der Waals surface area contributed by atoms with E-state index in [0.717, 1.165) is 22.3 Å². The number of pyridine rings is 1. The van der Waals surface area contributed by atoms with Crippen molar-refractivity contribution in [1.29, 1.82) is 0 Å². The maximum atomic E-state index is 14.8. The Balaban J connectivity index is 1.28. The van der Waals surface area contributed by atoms with Gasteiger partial charge in [0.1, 0.15) is 18.4 Å². The van der Waals surface area contributed by atoms with Gasteiger partial charge in [-0.2, -0.15) is 0 Å². The summed E-state index contributed by atoms with van der Waals surface area (Å²) in [5.41, 5.74) is 3.99. The SMILES string of the molecule is COP(=O)(O[C@@H](Cc1ccccc1)C(=O)OCCCc1ccncc1)[C@H](Cc1ccccc1)NC(=O)CNC(=O)[C@H](Cc1ccccc1)NC(=O)OCc1ccccc1. The molecule has 13 nitrogen and oxygen atoms in total. The molecule has 0 fully saturated rings. The molecule has 3 N–H and O–H groups in total. The molecule has 14 heteroatoms. The number of esters is 1. The van der Waals surface area contributed by atoms with Crippen LogP contribution in [0, 0.1) is 0 Å². The van der Waals surface area contributed by atoms with Crippen LogP contribution in [0.3, 0.4) is 0 Å². The van der Waals surface area contributed by atoms with Gasteiger partial charge in [-0.1, -0.05) is 121 Å². The Kier molecular flexibility index (Phi) is 17.4. The van der Waals surface area contributed by atoms with Gasteiger partial charge in [-0.25, -0.2) is 9.59 Å². The normalized spacial score (nSPS) is 13.4. The molecule has 4 aromatic carbocycles. The quantitative estimate of drug-likeness (QED) is 0.0405. The Morgan fingerprint density at radius 3 is 1.76 bits per heavy atom. The number of aryl methyl sites for hydroxylation is 1. The zero-order chi connectivity index (χ0) is 41.7. The fourth-order valence-corrected chi connectivity index (χ4v) is 7.82. The molecule has 5 rings (SSSR count). The van der Waals surface area contributed by atoms with Gasteiger partial charge in [0.15, 0.2) is 6.10 Å². The average molecular weight is 821 g/mol. The lowest BCUT2D eigenvalue weighted by Gasteiger charge is -2.29. The smallest absolute Gasteiger partial charge is 0.408 e. The monoisotopic (exact) mass is 820 g/mol. The number of aromatic nitrogens is 1. The molecule has 308 valence electrons. The second-order valence-electron chi connectivity index (χ2n) is 13.6. The zero-order valence-electron chi connectivity index (χ0n) is 32.8. The first-order valence-corrected chi connectivity index (χ1v) is 20.9. The van der Waals surface area contributed by atoms with Crippen molar-refractivity contribution in [1.82, 2.24) is 20.9 Å². The number of ether oxygens (including phenoxy) is 2. The van der Waals surface area contributed by atoms with Crippen molar-refractivity contribution in [3.05, 3.63) is 174 Å². The third kappa shape index (κ3) is 15.0. The van der Waals surface area contributed by atoms with Crippen molar-refractivity contribution in [3.63, 3.8) is 0 Å². The van der Waals surface area contributed by atoms with E-state index in [-0.39, 0.29) is 32.5 Å². The van der Waals surface area contributed by atoms with Gasteiger partial charge in [-0.15, -0.1) is 0 Å².